The van der Waals surface area contributed by atoms with Crippen LogP contribution in [0.3, 0.4) is 0 Å². The zero-order chi connectivity index (χ0) is 25.0. The number of rotatable bonds is 14. The average molecular weight is 467 g/mol. The minimum atomic E-state index is -1.37. The summed E-state index contributed by atoms with van der Waals surface area (Å²) in [6.07, 6.45) is 2.30. The highest BCUT2D eigenvalue weighted by Crippen LogP contribution is 2.22. The number of benzene rings is 1. The summed E-state index contributed by atoms with van der Waals surface area (Å²) in [4.78, 5) is 47.3. The molecule has 1 aromatic carbocycles. The summed E-state index contributed by atoms with van der Waals surface area (Å²) in [5.74, 6) is -0.723. The number of phenolic OH excluding ortho intramolecular Hbond substituents is 1. The Labute approximate surface area is 194 Å². The number of unbranched alkanes of at least 4 members (excludes halogenated alkanes) is 2. The number of carbonyl (C=O) groups is 4. The van der Waals surface area contributed by atoms with E-state index in [1.54, 1.807) is 6.07 Å². The van der Waals surface area contributed by atoms with Crippen LogP contribution >= 0.6 is 0 Å². The predicted octanol–water partition coefficient (Wildman–Crippen LogP) is 2.25. The van der Waals surface area contributed by atoms with Gasteiger partial charge in [-0.15, -0.1) is 0 Å². The molecule has 0 aromatic heterocycles. The van der Waals surface area contributed by atoms with Crippen molar-refractivity contribution in [3.05, 3.63) is 23.8 Å². The van der Waals surface area contributed by atoms with Crippen molar-refractivity contribution in [3.8, 4) is 11.5 Å². The number of carboxylic acid groups (broad SMARTS) is 1. The van der Waals surface area contributed by atoms with E-state index in [9.17, 15) is 24.3 Å². The van der Waals surface area contributed by atoms with Crippen LogP contribution in [0, 0.1) is 0 Å². The van der Waals surface area contributed by atoms with Crippen LogP contribution < -0.4 is 10.1 Å². The molecule has 0 fully saturated rings. The number of imide groups is 1. The van der Waals surface area contributed by atoms with E-state index >= 15 is 0 Å². The van der Waals surface area contributed by atoms with Gasteiger partial charge in [0.2, 0.25) is 5.91 Å². The van der Waals surface area contributed by atoms with Crippen LogP contribution in [0.15, 0.2) is 18.2 Å². The zero-order valence-electron chi connectivity index (χ0n) is 19.9. The molecule has 10 nitrogen and oxygen atoms in total. The molecule has 0 aliphatic carbocycles. The van der Waals surface area contributed by atoms with Gasteiger partial charge in [0.05, 0.1) is 39.9 Å². The molecule has 0 heterocycles. The molecule has 1 atom stereocenters. The van der Waals surface area contributed by atoms with Crippen LogP contribution in [0.5, 0.6) is 11.5 Å². The highest BCUT2D eigenvalue weighted by Gasteiger charge is 2.27. The molecule has 3 amide bonds. The summed E-state index contributed by atoms with van der Waals surface area (Å²) in [5, 5.41) is 21.4. The standard InChI is InChI=1S/C23H35N3O7/c1-25(23(31)32)22(30)19(9-5-7-13-26(2,3)4)24-21(29)10-6-8-14-33-18-12-11-17(16-27)20(28)15-18/h11-12,15-16,19H,5-10,13-14H2,1-4H3,(H2-,24,27,28,29,31,32)/p+1/t19-/m0/s1. The number of ether oxygens (including phenoxy) is 1. The van der Waals surface area contributed by atoms with E-state index in [0.717, 1.165) is 17.4 Å². The molecule has 0 saturated carbocycles. The van der Waals surface area contributed by atoms with Crippen molar-refractivity contribution in [2.75, 3.05) is 41.3 Å². The molecule has 3 N–H and O–H groups in total. The second-order valence-electron chi connectivity index (χ2n) is 8.95. The summed E-state index contributed by atoms with van der Waals surface area (Å²) >= 11 is 0. The summed E-state index contributed by atoms with van der Waals surface area (Å²) in [7, 11) is 7.37. The minimum Gasteiger partial charge on any atom is -0.507 e. The van der Waals surface area contributed by atoms with Gasteiger partial charge in [0, 0.05) is 19.5 Å². The van der Waals surface area contributed by atoms with Gasteiger partial charge in [0.1, 0.15) is 17.5 Å². The Morgan fingerprint density at radius 2 is 1.85 bits per heavy atom. The Hall–Kier alpha value is -3.14. The van der Waals surface area contributed by atoms with E-state index in [4.69, 9.17) is 9.84 Å². The van der Waals surface area contributed by atoms with Crippen LogP contribution in [0.1, 0.15) is 48.9 Å². The van der Waals surface area contributed by atoms with Gasteiger partial charge in [0.25, 0.3) is 5.91 Å². The zero-order valence-corrected chi connectivity index (χ0v) is 19.9. The van der Waals surface area contributed by atoms with Crippen molar-refractivity contribution < 1.29 is 38.6 Å². The van der Waals surface area contributed by atoms with Crippen molar-refractivity contribution in [2.24, 2.45) is 0 Å². The number of phenols is 1. The van der Waals surface area contributed by atoms with Gasteiger partial charge in [-0.25, -0.2) is 9.69 Å². The van der Waals surface area contributed by atoms with E-state index in [1.165, 1.54) is 19.2 Å². The first-order valence-corrected chi connectivity index (χ1v) is 11.0. The molecule has 0 spiro atoms. The van der Waals surface area contributed by atoms with Crippen molar-refractivity contribution in [2.45, 2.75) is 44.6 Å². The largest absolute Gasteiger partial charge is 0.507 e. The van der Waals surface area contributed by atoms with E-state index < -0.39 is 18.0 Å². The van der Waals surface area contributed by atoms with Crippen molar-refractivity contribution in [1.82, 2.24) is 10.2 Å². The maximum Gasteiger partial charge on any atom is 0.413 e. The van der Waals surface area contributed by atoms with E-state index in [-0.39, 0.29) is 23.6 Å². The lowest BCUT2D eigenvalue weighted by Crippen LogP contribution is -2.48. The first-order chi connectivity index (χ1) is 15.4. The number of hydrogen-bond donors (Lipinski definition) is 3. The highest BCUT2D eigenvalue weighted by molar-refractivity contribution is 5.96. The Morgan fingerprint density at radius 1 is 1.15 bits per heavy atom. The third-order valence-electron chi connectivity index (χ3n) is 5.02. The summed E-state index contributed by atoms with van der Waals surface area (Å²) in [5.41, 5.74) is 0.175. The summed E-state index contributed by atoms with van der Waals surface area (Å²) in [6.45, 7) is 1.21. The highest BCUT2D eigenvalue weighted by atomic mass is 16.5. The van der Waals surface area contributed by atoms with Gasteiger partial charge in [-0.1, -0.05) is 0 Å². The van der Waals surface area contributed by atoms with Crippen LogP contribution in [0.2, 0.25) is 0 Å². The van der Waals surface area contributed by atoms with Gasteiger partial charge in [-0.05, 0) is 44.2 Å². The molecule has 0 bridgehead atoms. The van der Waals surface area contributed by atoms with Crippen molar-refractivity contribution in [3.63, 3.8) is 0 Å². The van der Waals surface area contributed by atoms with Gasteiger partial charge in [0.15, 0.2) is 6.29 Å². The molecule has 0 saturated heterocycles. The van der Waals surface area contributed by atoms with Crippen LogP contribution in [0.4, 0.5) is 4.79 Å². The fraction of sp³-hybridized carbons (Fsp3) is 0.565. The van der Waals surface area contributed by atoms with Gasteiger partial charge in [-0.3, -0.25) is 14.4 Å². The fourth-order valence-corrected chi connectivity index (χ4v) is 3.08. The number of quaternary nitrogens is 1. The molecular weight excluding hydrogens is 430 g/mol. The number of likely N-dealkylation sites (N-methyl/N-ethyl adjacent to an activating group) is 1. The lowest BCUT2D eigenvalue weighted by atomic mass is 10.1. The number of amides is 3. The van der Waals surface area contributed by atoms with Crippen LogP contribution in [-0.2, 0) is 9.59 Å². The summed E-state index contributed by atoms with van der Waals surface area (Å²) in [6, 6.07) is 3.49. The topological polar surface area (TPSA) is 133 Å². The first-order valence-electron chi connectivity index (χ1n) is 11.0. The lowest BCUT2D eigenvalue weighted by molar-refractivity contribution is -0.870. The quantitative estimate of drug-likeness (QED) is 0.218. The van der Waals surface area contributed by atoms with Gasteiger partial charge in [-0.2, -0.15) is 0 Å². The number of carbonyl (C=O) groups excluding carboxylic acids is 3. The van der Waals surface area contributed by atoms with Crippen molar-refractivity contribution in [1.29, 1.82) is 0 Å². The number of nitrogens with one attached hydrogen (secondary N) is 1. The fourth-order valence-electron chi connectivity index (χ4n) is 3.08. The molecule has 0 unspecified atom stereocenters. The lowest BCUT2D eigenvalue weighted by Gasteiger charge is -2.25. The molecule has 10 heteroatoms. The first kappa shape index (κ1) is 27.9. The van der Waals surface area contributed by atoms with Crippen LogP contribution in [-0.4, -0.2) is 91.2 Å². The maximum absolute atomic E-state index is 12.5. The molecule has 0 radical (unpaired) electrons. The number of aldehydes is 1. The number of nitrogens with zero attached hydrogens (tertiary/aromatic N) is 2. The predicted molar refractivity (Wildman–Crippen MR) is 122 cm³/mol. The molecule has 0 aliphatic rings. The molecule has 1 rings (SSSR count). The van der Waals surface area contributed by atoms with Crippen molar-refractivity contribution >= 4 is 24.2 Å². The Kier molecular flexibility index (Phi) is 11.3. The third-order valence-corrected chi connectivity index (χ3v) is 5.02. The summed E-state index contributed by atoms with van der Waals surface area (Å²) < 4.78 is 6.28. The normalized spacial score (nSPS) is 12.0. The van der Waals surface area contributed by atoms with Gasteiger partial charge >= 0.3 is 6.09 Å². The van der Waals surface area contributed by atoms with E-state index in [1.807, 2.05) is 0 Å². The molecule has 0 aliphatic heterocycles. The number of aromatic hydroxyl groups is 1. The second kappa shape index (κ2) is 13.4. The third kappa shape index (κ3) is 10.8. The number of hydrogen-bond acceptors (Lipinski definition) is 6. The monoisotopic (exact) mass is 466 g/mol. The Bertz CT molecular complexity index is 821. The smallest absolute Gasteiger partial charge is 0.413 e. The molecule has 1 aromatic rings. The molecular formula is C23H36N3O7+. The maximum atomic E-state index is 12.5. The van der Waals surface area contributed by atoms with Gasteiger partial charge < -0.3 is 24.7 Å². The van der Waals surface area contributed by atoms with E-state index in [2.05, 4.69) is 26.5 Å². The SMILES string of the molecule is CN(C(=O)O)C(=O)[C@H](CCCC[N+](C)(C)C)NC(=O)CCCCOc1ccc(C=O)c(O)c1. The Balaban J connectivity index is 2.48. The second-order valence-corrected chi connectivity index (χ2v) is 8.95. The molecule has 33 heavy (non-hydrogen) atoms. The molecule has 184 valence electrons. The Morgan fingerprint density at radius 3 is 2.42 bits per heavy atom. The van der Waals surface area contributed by atoms with Crippen LogP contribution in [0.25, 0.3) is 0 Å². The average Bonchev–Trinajstić information content (AvgIpc) is 2.73. The minimum absolute atomic E-state index is 0.162. The van der Waals surface area contributed by atoms with E-state index in [0.29, 0.717) is 49.2 Å².